The lowest BCUT2D eigenvalue weighted by Crippen LogP contribution is -2.80. The molecule has 1 saturated carbocycles. The maximum absolute atomic E-state index is 12.3. The number of fused-ring (bicyclic) bond motifs is 1. The van der Waals surface area contributed by atoms with E-state index >= 15 is 0 Å². The predicted molar refractivity (Wildman–Crippen MR) is 68.4 cm³/mol. The van der Waals surface area contributed by atoms with E-state index in [-0.39, 0.29) is 29.8 Å². The number of ether oxygens (including phenoxy) is 1. The number of hydrogen-bond acceptors (Lipinski definition) is 4. The SMILES string of the molecule is CC1(C)C2OCCC2C1(N)C(=O)NCCCC(=O)O. The van der Waals surface area contributed by atoms with Crippen LogP contribution < -0.4 is 11.1 Å². The molecule has 3 atom stereocenters. The Balaban J connectivity index is 1.92. The minimum Gasteiger partial charge on any atom is -0.481 e. The summed E-state index contributed by atoms with van der Waals surface area (Å²) in [7, 11) is 0. The van der Waals surface area contributed by atoms with E-state index in [0.717, 1.165) is 6.42 Å². The summed E-state index contributed by atoms with van der Waals surface area (Å²) in [5.74, 6) is -0.971. The van der Waals surface area contributed by atoms with Crippen LogP contribution in [0.5, 0.6) is 0 Å². The van der Waals surface area contributed by atoms with Crippen LogP contribution >= 0.6 is 0 Å². The van der Waals surface area contributed by atoms with Gasteiger partial charge in [-0.05, 0) is 12.8 Å². The molecule has 108 valence electrons. The molecule has 0 aromatic carbocycles. The molecule has 0 aromatic heterocycles. The van der Waals surface area contributed by atoms with Crippen molar-refractivity contribution in [2.75, 3.05) is 13.2 Å². The lowest BCUT2D eigenvalue weighted by atomic mass is 9.48. The van der Waals surface area contributed by atoms with Gasteiger partial charge in [0.05, 0.1) is 6.10 Å². The summed E-state index contributed by atoms with van der Waals surface area (Å²) in [6.07, 6.45) is 1.34. The number of nitrogens with one attached hydrogen (secondary N) is 1. The molecule has 1 aliphatic heterocycles. The smallest absolute Gasteiger partial charge is 0.303 e. The third-order valence-corrected chi connectivity index (χ3v) is 4.68. The van der Waals surface area contributed by atoms with E-state index in [9.17, 15) is 9.59 Å². The van der Waals surface area contributed by atoms with Crippen LogP contribution in [0, 0.1) is 11.3 Å². The van der Waals surface area contributed by atoms with Crippen LogP contribution in [0.3, 0.4) is 0 Å². The van der Waals surface area contributed by atoms with Gasteiger partial charge in [-0.1, -0.05) is 13.8 Å². The summed E-state index contributed by atoms with van der Waals surface area (Å²) < 4.78 is 5.63. The molecule has 1 aliphatic carbocycles. The van der Waals surface area contributed by atoms with Gasteiger partial charge >= 0.3 is 5.97 Å². The number of carboxylic acids is 1. The Morgan fingerprint density at radius 3 is 2.79 bits per heavy atom. The Labute approximate surface area is 112 Å². The number of nitrogens with two attached hydrogens (primary N) is 1. The van der Waals surface area contributed by atoms with Gasteiger partial charge in [-0.3, -0.25) is 9.59 Å². The maximum atomic E-state index is 12.3. The standard InChI is InChI=1S/C13H22N2O4/c1-12(2)10-8(5-7-19-10)13(12,14)11(18)15-6-3-4-9(16)17/h8,10H,3-7,14H2,1-2H3,(H,15,18)(H,16,17). The Morgan fingerprint density at radius 2 is 2.16 bits per heavy atom. The van der Waals surface area contributed by atoms with Gasteiger partial charge in [0.15, 0.2) is 0 Å². The van der Waals surface area contributed by atoms with Crippen LogP contribution in [0.1, 0.15) is 33.1 Å². The molecule has 6 heteroatoms. The van der Waals surface area contributed by atoms with E-state index in [1.807, 2.05) is 13.8 Å². The maximum Gasteiger partial charge on any atom is 0.303 e. The topological polar surface area (TPSA) is 102 Å². The number of carbonyl (C=O) groups is 2. The zero-order chi connectivity index (χ0) is 14.3. The molecular weight excluding hydrogens is 248 g/mol. The molecule has 0 bridgehead atoms. The summed E-state index contributed by atoms with van der Waals surface area (Å²) in [4.78, 5) is 22.7. The van der Waals surface area contributed by atoms with Gasteiger partial charge in [0.2, 0.25) is 5.91 Å². The highest BCUT2D eigenvalue weighted by molar-refractivity contribution is 5.89. The Kier molecular flexibility index (Phi) is 3.57. The first kappa shape index (κ1) is 14.3. The second-order valence-electron chi connectivity index (χ2n) is 6.03. The number of carbonyl (C=O) groups excluding carboxylic acids is 1. The number of rotatable bonds is 5. The van der Waals surface area contributed by atoms with Gasteiger partial charge in [0, 0.05) is 30.9 Å². The first-order chi connectivity index (χ1) is 8.81. The van der Waals surface area contributed by atoms with Crippen molar-refractivity contribution < 1.29 is 19.4 Å². The van der Waals surface area contributed by atoms with Gasteiger partial charge < -0.3 is 20.9 Å². The van der Waals surface area contributed by atoms with Crippen molar-refractivity contribution in [2.45, 2.75) is 44.8 Å². The summed E-state index contributed by atoms with van der Waals surface area (Å²) in [6.45, 7) is 4.91. The summed E-state index contributed by atoms with van der Waals surface area (Å²) in [6, 6.07) is 0. The second kappa shape index (κ2) is 4.76. The normalized spacial score (nSPS) is 35.3. The molecular formula is C13H22N2O4. The molecule has 4 N–H and O–H groups in total. The zero-order valence-electron chi connectivity index (χ0n) is 11.4. The van der Waals surface area contributed by atoms with Crippen LogP contribution in [-0.2, 0) is 14.3 Å². The number of hydrogen-bond donors (Lipinski definition) is 3. The number of amides is 1. The lowest BCUT2D eigenvalue weighted by Gasteiger charge is -2.60. The van der Waals surface area contributed by atoms with Crippen LogP contribution in [0.15, 0.2) is 0 Å². The van der Waals surface area contributed by atoms with E-state index < -0.39 is 11.5 Å². The fourth-order valence-electron chi connectivity index (χ4n) is 3.43. The van der Waals surface area contributed by atoms with E-state index in [1.165, 1.54) is 0 Å². The average molecular weight is 270 g/mol. The van der Waals surface area contributed by atoms with Gasteiger partial charge in [0.1, 0.15) is 5.54 Å². The van der Waals surface area contributed by atoms with E-state index in [0.29, 0.717) is 19.6 Å². The molecule has 2 rings (SSSR count). The fourth-order valence-corrected chi connectivity index (χ4v) is 3.43. The lowest BCUT2D eigenvalue weighted by molar-refractivity contribution is -0.175. The van der Waals surface area contributed by atoms with Crippen molar-refractivity contribution in [3.63, 3.8) is 0 Å². The van der Waals surface area contributed by atoms with Crippen molar-refractivity contribution in [2.24, 2.45) is 17.1 Å². The van der Waals surface area contributed by atoms with Crippen molar-refractivity contribution in [1.29, 1.82) is 0 Å². The molecule has 1 amide bonds. The highest BCUT2D eigenvalue weighted by atomic mass is 16.5. The third kappa shape index (κ3) is 2.03. The molecule has 0 radical (unpaired) electrons. The Morgan fingerprint density at radius 1 is 1.47 bits per heavy atom. The molecule has 2 aliphatic rings. The van der Waals surface area contributed by atoms with Crippen LogP contribution in [0.2, 0.25) is 0 Å². The molecule has 0 spiro atoms. The fraction of sp³-hybridized carbons (Fsp3) is 0.846. The van der Waals surface area contributed by atoms with Crippen molar-refractivity contribution in [3.05, 3.63) is 0 Å². The number of carboxylic acid groups (broad SMARTS) is 1. The van der Waals surface area contributed by atoms with Crippen molar-refractivity contribution in [3.8, 4) is 0 Å². The third-order valence-electron chi connectivity index (χ3n) is 4.68. The van der Waals surface area contributed by atoms with Gasteiger partial charge in [-0.2, -0.15) is 0 Å². The average Bonchev–Trinajstić information content (AvgIpc) is 2.80. The van der Waals surface area contributed by atoms with E-state index in [1.54, 1.807) is 0 Å². The van der Waals surface area contributed by atoms with E-state index in [4.69, 9.17) is 15.6 Å². The monoisotopic (exact) mass is 270 g/mol. The van der Waals surface area contributed by atoms with Gasteiger partial charge in [0.25, 0.3) is 0 Å². The summed E-state index contributed by atoms with van der Waals surface area (Å²) in [5, 5.41) is 11.3. The molecule has 0 aromatic rings. The van der Waals surface area contributed by atoms with Crippen LogP contribution in [-0.4, -0.2) is 41.8 Å². The summed E-state index contributed by atoms with van der Waals surface area (Å²) >= 11 is 0. The first-order valence-electron chi connectivity index (χ1n) is 6.72. The zero-order valence-corrected chi connectivity index (χ0v) is 11.4. The highest BCUT2D eigenvalue weighted by Crippen LogP contribution is 2.58. The van der Waals surface area contributed by atoms with Gasteiger partial charge in [-0.25, -0.2) is 0 Å². The van der Waals surface area contributed by atoms with Gasteiger partial charge in [-0.15, -0.1) is 0 Å². The molecule has 6 nitrogen and oxygen atoms in total. The minimum absolute atomic E-state index is 0.0520. The second-order valence-corrected chi connectivity index (χ2v) is 6.03. The largest absolute Gasteiger partial charge is 0.481 e. The molecule has 2 fully saturated rings. The van der Waals surface area contributed by atoms with Crippen molar-refractivity contribution in [1.82, 2.24) is 5.32 Å². The molecule has 3 unspecified atom stereocenters. The highest BCUT2D eigenvalue weighted by Gasteiger charge is 2.71. The molecule has 1 heterocycles. The first-order valence-corrected chi connectivity index (χ1v) is 6.72. The summed E-state index contributed by atoms with van der Waals surface area (Å²) in [5.41, 5.74) is 5.05. The van der Waals surface area contributed by atoms with Crippen molar-refractivity contribution >= 4 is 11.9 Å². The molecule has 19 heavy (non-hydrogen) atoms. The van der Waals surface area contributed by atoms with Crippen LogP contribution in [0.4, 0.5) is 0 Å². The van der Waals surface area contributed by atoms with E-state index in [2.05, 4.69) is 5.32 Å². The minimum atomic E-state index is -0.905. The predicted octanol–water partition coefficient (Wildman–Crippen LogP) is 0.110. The number of aliphatic carboxylic acids is 1. The quantitative estimate of drug-likeness (QED) is 0.615. The van der Waals surface area contributed by atoms with Crippen LogP contribution in [0.25, 0.3) is 0 Å². The molecule has 1 saturated heterocycles. The Bertz CT molecular complexity index is 396. The Hall–Kier alpha value is -1.14.